The van der Waals surface area contributed by atoms with Gasteiger partial charge >= 0.3 is 0 Å². The molecule has 5 rings (SSSR count). The van der Waals surface area contributed by atoms with Crippen LogP contribution in [0.3, 0.4) is 0 Å². The number of aliphatic hydroxyl groups excluding tert-OH is 1. The smallest absolute Gasteiger partial charge is 0.262 e. The number of thiophene rings is 1. The molecule has 0 bridgehead atoms. The number of imidazole rings is 1. The molecule has 2 atom stereocenters. The van der Waals surface area contributed by atoms with Crippen molar-refractivity contribution in [3.63, 3.8) is 0 Å². The van der Waals surface area contributed by atoms with Gasteiger partial charge in [-0.1, -0.05) is 29.8 Å². The predicted molar refractivity (Wildman–Crippen MR) is 135 cm³/mol. The molecule has 4 aromatic rings. The normalized spacial score (nSPS) is 17.1. The summed E-state index contributed by atoms with van der Waals surface area (Å²) in [7, 11) is 0. The fraction of sp³-hybridized carbons (Fsp3) is 0.280. The van der Waals surface area contributed by atoms with E-state index in [1.807, 2.05) is 60.0 Å². The standard InChI is InChI=1S/C25H25ClN4O3S/c1-15(18-6-2-3-7-19(18)26)33-21-11-22(34-24(21)25(27)32)20-12-28-23-9-8-16(13-30(20)23)29-10-4-5-17(31)14-29/h2-3,6-9,11-13,15,17,31H,4-5,10,14H2,1H3,(H2,27,32)/t15-,17?/m1/s1. The number of halogens is 1. The average molecular weight is 497 g/mol. The van der Waals surface area contributed by atoms with Crippen LogP contribution in [0.15, 0.2) is 54.9 Å². The molecule has 1 aliphatic heterocycles. The molecule has 1 saturated heterocycles. The number of aromatic nitrogens is 2. The highest BCUT2D eigenvalue weighted by Crippen LogP contribution is 2.39. The second-order valence-electron chi connectivity index (χ2n) is 8.45. The van der Waals surface area contributed by atoms with Crippen LogP contribution in [0.5, 0.6) is 5.75 Å². The number of rotatable bonds is 6. The van der Waals surface area contributed by atoms with Crippen LogP contribution in [-0.4, -0.2) is 39.6 Å². The fourth-order valence-electron chi connectivity index (χ4n) is 4.35. The van der Waals surface area contributed by atoms with Crippen molar-refractivity contribution in [3.8, 4) is 16.3 Å². The Labute approximate surface area is 206 Å². The third-order valence-corrected chi connectivity index (χ3v) is 7.57. The van der Waals surface area contributed by atoms with Crippen LogP contribution in [0.25, 0.3) is 16.2 Å². The lowest BCUT2D eigenvalue weighted by atomic mass is 10.1. The van der Waals surface area contributed by atoms with Gasteiger partial charge in [-0.15, -0.1) is 11.3 Å². The van der Waals surface area contributed by atoms with Gasteiger partial charge in [-0.25, -0.2) is 4.98 Å². The van der Waals surface area contributed by atoms with E-state index in [1.165, 1.54) is 11.3 Å². The number of hydrogen-bond acceptors (Lipinski definition) is 6. The van der Waals surface area contributed by atoms with Gasteiger partial charge in [0.05, 0.1) is 28.6 Å². The molecule has 1 unspecified atom stereocenters. The molecule has 0 radical (unpaired) electrons. The first-order chi connectivity index (χ1) is 16.4. The predicted octanol–water partition coefficient (Wildman–Crippen LogP) is 4.92. The molecule has 1 aliphatic rings. The van der Waals surface area contributed by atoms with Gasteiger partial charge in [-0.05, 0) is 38.0 Å². The minimum atomic E-state index is -0.547. The van der Waals surface area contributed by atoms with E-state index < -0.39 is 5.91 Å². The van der Waals surface area contributed by atoms with E-state index >= 15 is 0 Å². The van der Waals surface area contributed by atoms with Gasteiger partial charge in [0.25, 0.3) is 5.91 Å². The van der Waals surface area contributed by atoms with Crippen LogP contribution in [-0.2, 0) is 0 Å². The molecule has 176 valence electrons. The molecule has 3 aromatic heterocycles. The Hall–Kier alpha value is -3.07. The van der Waals surface area contributed by atoms with Crippen LogP contribution in [0, 0.1) is 0 Å². The Morgan fingerprint density at radius 1 is 1.32 bits per heavy atom. The van der Waals surface area contributed by atoms with Crippen molar-refractivity contribution in [2.45, 2.75) is 32.0 Å². The number of carbonyl (C=O) groups is 1. The number of anilines is 1. The molecule has 0 spiro atoms. The van der Waals surface area contributed by atoms with E-state index in [-0.39, 0.29) is 12.2 Å². The Bertz CT molecular complexity index is 1350. The van der Waals surface area contributed by atoms with Crippen molar-refractivity contribution in [2.24, 2.45) is 5.73 Å². The monoisotopic (exact) mass is 496 g/mol. The number of pyridine rings is 1. The van der Waals surface area contributed by atoms with Crippen molar-refractivity contribution in [3.05, 3.63) is 70.3 Å². The number of β-amino-alcohol motifs (C(OH)–C–C–N with tert-alkyl or cyclic N) is 1. The molecule has 3 N–H and O–H groups in total. The Balaban J connectivity index is 1.50. The molecular weight excluding hydrogens is 472 g/mol. The second-order valence-corrected chi connectivity index (χ2v) is 9.91. The van der Waals surface area contributed by atoms with E-state index in [0.717, 1.165) is 46.9 Å². The second kappa shape index (κ2) is 9.29. The number of piperidine rings is 1. The molecule has 1 amide bonds. The number of hydrogen-bond donors (Lipinski definition) is 2. The first-order valence-electron chi connectivity index (χ1n) is 11.2. The summed E-state index contributed by atoms with van der Waals surface area (Å²) in [6.45, 7) is 3.39. The summed E-state index contributed by atoms with van der Waals surface area (Å²) >= 11 is 7.60. The number of fused-ring (bicyclic) bond motifs is 1. The third kappa shape index (κ3) is 4.36. The molecule has 34 heavy (non-hydrogen) atoms. The molecule has 1 aromatic carbocycles. The number of amides is 1. The largest absolute Gasteiger partial charge is 0.484 e. The molecule has 4 heterocycles. The number of carbonyl (C=O) groups excluding carboxylic acids is 1. The van der Waals surface area contributed by atoms with Gasteiger partial charge in [-0.3, -0.25) is 9.20 Å². The lowest BCUT2D eigenvalue weighted by molar-refractivity contribution is 0.0998. The fourth-order valence-corrected chi connectivity index (χ4v) is 5.59. The van der Waals surface area contributed by atoms with Crippen LogP contribution in [0.1, 0.15) is 41.1 Å². The van der Waals surface area contributed by atoms with Crippen LogP contribution >= 0.6 is 22.9 Å². The first kappa shape index (κ1) is 22.7. The zero-order chi connectivity index (χ0) is 23.8. The van der Waals surface area contributed by atoms with E-state index in [0.29, 0.717) is 22.2 Å². The quantitative estimate of drug-likeness (QED) is 0.395. The molecule has 7 nitrogen and oxygen atoms in total. The van der Waals surface area contributed by atoms with Crippen LogP contribution in [0.2, 0.25) is 5.02 Å². The van der Waals surface area contributed by atoms with Crippen molar-refractivity contribution in [1.29, 1.82) is 0 Å². The van der Waals surface area contributed by atoms with Gasteiger partial charge < -0.3 is 20.5 Å². The number of primary amides is 1. The maximum Gasteiger partial charge on any atom is 0.262 e. The van der Waals surface area contributed by atoms with Crippen LogP contribution in [0.4, 0.5) is 5.69 Å². The highest BCUT2D eigenvalue weighted by atomic mass is 35.5. The summed E-state index contributed by atoms with van der Waals surface area (Å²) in [6.07, 6.45) is 4.90. The van der Waals surface area contributed by atoms with E-state index in [9.17, 15) is 9.90 Å². The maximum absolute atomic E-state index is 12.2. The van der Waals surface area contributed by atoms with Gasteiger partial charge in [0.15, 0.2) is 0 Å². The van der Waals surface area contributed by atoms with Crippen molar-refractivity contribution in [2.75, 3.05) is 18.0 Å². The first-order valence-corrected chi connectivity index (χ1v) is 12.4. The van der Waals surface area contributed by atoms with E-state index in [2.05, 4.69) is 9.88 Å². The highest BCUT2D eigenvalue weighted by molar-refractivity contribution is 7.17. The molecule has 1 fully saturated rings. The third-order valence-electron chi connectivity index (χ3n) is 6.07. The van der Waals surface area contributed by atoms with Crippen molar-refractivity contribution < 1.29 is 14.6 Å². The number of ether oxygens (including phenoxy) is 1. The number of benzene rings is 1. The summed E-state index contributed by atoms with van der Waals surface area (Å²) in [5.74, 6) is -0.125. The average Bonchev–Trinajstić information content (AvgIpc) is 3.43. The topological polar surface area (TPSA) is 93.1 Å². The van der Waals surface area contributed by atoms with Crippen molar-refractivity contribution in [1.82, 2.24) is 9.38 Å². The molecule has 9 heteroatoms. The SMILES string of the molecule is C[C@@H](Oc1cc(-c2cnc3ccc(N4CCCC(O)C4)cn23)sc1C(N)=O)c1ccccc1Cl. The van der Waals surface area contributed by atoms with Gasteiger partial charge in [0.1, 0.15) is 22.4 Å². The Morgan fingerprint density at radius 3 is 2.91 bits per heavy atom. The summed E-state index contributed by atoms with van der Waals surface area (Å²) in [5.41, 5.74) is 9.15. The number of nitrogens with zero attached hydrogens (tertiary/aromatic N) is 3. The van der Waals surface area contributed by atoms with Gasteiger partial charge in [-0.2, -0.15) is 0 Å². The van der Waals surface area contributed by atoms with Gasteiger partial charge in [0.2, 0.25) is 0 Å². The Morgan fingerprint density at radius 2 is 2.15 bits per heavy atom. The minimum absolute atomic E-state index is 0.318. The molecular formula is C25H25ClN4O3S. The summed E-state index contributed by atoms with van der Waals surface area (Å²) in [5, 5.41) is 10.7. The van der Waals surface area contributed by atoms with E-state index in [4.69, 9.17) is 22.1 Å². The van der Waals surface area contributed by atoms with E-state index in [1.54, 1.807) is 6.20 Å². The summed E-state index contributed by atoms with van der Waals surface area (Å²) in [4.78, 5) is 20.1. The zero-order valence-electron chi connectivity index (χ0n) is 18.6. The van der Waals surface area contributed by atoms with Gasteiger partial charge in [0, 0.05) is 35.9 Å². The highest BCUT2D eigenvalue weighted by Gasteiger charge is 2.22. The molecule has 0 aliphatic carbocycles. The Kier molecular flexibility index (Phi) is 6.20. The summed E-state index contributed by atoms with van der Waals surface area (Å²) < 4.78 is 8.15. The lowest BCUT2D eigenvalue weighted by Crippen LogP contribution is -2.38. The lowest BCUT2D eigenvalue weighted by Gasteiger charge is -2.31. The molecule has 0 saturated carbocycles. The number of nitrogens with two attached hydrogens (primary N) is 1. The van der Waals surface area contributed by atoms with Crippen LogP contribution < -0.4 is 15.4 Å². The number of aliphatic hydroxyl groups is 1. The summed E-state index contributed by atoms with van der Waals surface area (Å²) in [6, 6.07) is 13.3. The minimum Gasteiger partial charge on any atom is -0.484 e. The van der Waals surface area contributed by atoms with Crippen molar-refractivity contribution >= 4 is 40.2 Å². The maximum atomic E-state index is 12.2. The zero-order valence-corrected chi connectivity index (χ0v) is 20.2.